The molecule has 0 spiro atoms. The number of rotatable bonds is 9. The van der Waals surface area contributed by atoms with Gasteiger partial charge in [0.05, 0.1) is 18.4 Å². The summed E-state index contributed by atoms with van der Waals surface area (Å²) in [7, 11) is 0. The molecule has 34 heavy (non-hydrogen) atoms. The van der Waals surface area contributed by atoms with Crippen molar-refractivity contribution in [3.63, 3.8) is 0 Å². The number of piperazine rings is 1. The molecule has 0 saturated carbocycles. The second-order valence-electron chi connectivity index (χ2n) is 9.31. The molecule has 2 N–H and O–H groups in total. The third-order valence-corrected chi connectivity index (χ3v) is 6.59. The molecular formula is C27H37N5O2. The Morgan fingerprint density at radius 1 is 1.06 bits per heavy atom. The van der Waals surface area contributed by atoms with Crippen molar-refractivity contribution in [2.75, 3.05) is 45.9 Å². The van der Waals surface area contributed by atoms with Crippen molar-refractivity contribution < 1.29 is 10.2 Å². The fourth-order valence-corrected chi connectivity index (χ4v) is 4.67. The molecule has 1 aromatic carbocycles. The summed E-state index contributed by atoms with van der Waals surface area (Å²) in [5, 5.41) is 23.4. The summed E-state index contributed by atoms with van der Waals surface area (Å²) in [6, 6.07) is 10.8. The standard InChI is InChI=1S/C27H37N5O2/c1-4-26-25(27-28-20(2)16-21(3)32(27)29-26)17-23-9-7-22(8-10-23)6-5-11-30-12-14-31(15-13-30)18-24(34)19-33/h5-10,16,24,33-34H,4,11-15,17-19H2,1-3H3. The van der Waals surface area contributed by atoms with Gasteiger partial charge in [-0.05, 0) is 37.5 Å². The van der Waals surface area contributed by atoms with Crippen molar-refractivity contribution in [1.82, 2.24) is 24.4 Å². The van der Waals surface area contributed by atoms with Crippen molar-refractivity contribution in [2.45, 2.75) is 39.7 Å². The molecule has 1 aliphatic rings. The Kier molecular flexibility index (Phi) is 8.11. The van der Waals surface area contributed by atoms with Gasteiger partial charge >= 0.3 is 0 Å². The molecule has 0 aliphatic carbocycles. The first-order valence-electron chi connectivity index (χ1n) is 12.3. The van der Waals surface area contributed by atoms with E-state index in [9.17, 15) is 5.11 Å². The van der Waals surface area contributed by atoms with Crippen molar-refractivity contribution in [3.8, 4) is 0 Å². The molecule has 4 rings (SSSR count). The summed E-state index contributed by atoms with van der Waals surface area (Å²) >= 11 is 0. The summed E-state index contributed by atoms with van der Waals surface area (Å²) in [5.74, 6) is 0. The van der Waals surface area contributed by atoms with Crippen LogP contribution in [0.25, 0.3) is 11.7 Å². The Morgan fingerprint density at radius 3 is 2.44 bits per heavy atom. The van der Waals surface area contributed by atoms with Gasteiger partial charge in [-0.2, -0.15) is 5.10 Å². The number of aryl methyl sites for hydroxylation is 3. The quantitative estimate of drug-likeness (QED) is 0.508. The smallest absolute Gasteiger partial charge is 0.159 e. The van der Waals surface area contributed by atoms with Crippen LogP contribution in [-0.4, -0.2) is 86.6 Å². The maximum Gasteiger partial charge on any atom is 0.159 e. The molecule has 2 aromatic heterocycles. The Bertz CT molecular complexity index is 1110. The van der Waals surface area contributed by atoms with E-state index in [1.807, 2.05) is 11.4 Å². The Balaban J connectivity index is 1.34. The van der Waals surface area contributed by atoms with Crippen LogP contribution in [0.15, 0.2) is 36.4 Å². The van der Waals surface area contributed by atoms with Crippen molar-refractivity contribution in [3.05, 3.63) is 70.2 Å². The Labute approximate surface area is 202 Å². The van der Waals surface area contributed by atoms with Crippen LogP contribution in [-0.2, 0) is 12.8 Å². The van der Waals surface area contributed by atoms with Gasteiger partial charge in [0.2, 0.25) is 0 Å². The van der Waals surface area contributed by atoms with Crippen LogP contribution < -0.4 is 0 Å². The first-order chi connectivity index (χ1) is 16.5. The van der Waals surface area contributed by atoms with E-state index in [1.165, 1.54) is 16.7 Å². The van der Waals surface area contributed by atoms with E-state index in [-0.39, 0.29) is 6.61 Å². The number of β-amino-alcohol motifs (C(OH)–C–C–N with tert-alkyl or cyclic N) is 1. The predicted molar refractivity (Wildman–Crippen MR) is 136 cm³/mol. The number of aromatic nitrogens is 3. The van der Waals surface area contributed by atoms with Gasteiger partial charge in [0.25, 0.3) is 0 Å². The fraction of sp³-hybridized carbons (Fsp3) is 0.481. The molecule has 7 heteroatoms. The third-order valence-electron chi connectivity index (χ3n) is 6.59. The number of benzene rings is 1. The molecule has 0 radical (unpaired) electrons. The molecule has 0 amide bonds. The zero-order valence-corrected chi connectivity index (χ0v) is 20.6. The third kappa shape index (κ3) is 5.91. The lowest BCUT2D eigenvalue weighted by Gasteiger charge is -2.34. The summed E-state index contributed by atoms with van der Waals surface area (Å²) < 4.78 is 1.98. The van der Waals surface area contributed by atoms with Gasteiger partial charge in [-0.3, -0.25) is 9.80 Å². The maximum atomic E-state index is 9.61. The largest absolute Gasteiger partial charge is 0.394 e. The minimum atomic E-state index is -0.639. The molecule has 1 unspecified atom stereocenters. The molecule has 1 saturated heterocycles. The Hall–Kier alpha value is -2.58. The topological polar surface area (TPSA) is 77.1 Å². The maximum absolute atomic E-state index is 9.61. The molecule has 1 aliphatic heterocycles. The highest BCUT2D eigenvalue weighted by molar-refractivity contribution is 5.55. The summed E-state index contributed by atoms with van der Waals surface area (Å²) in [6.45, 7) is 11.4. The van der Waals surface area contributed by atoms with Crippen LogP contribution in [0.5, 0.6) is 0 Å². The lowest BCUT2D eigenvalue weighted by atomic mass is 10.0. The van der Waals surface area contributed by atoms with Crippen LogP contribution in [0.2, 0.25) is 0 Å². The average molecular weight is 464 g/mol. The van der Waals surface area contributed by atoms with E-state index in [1.54, 1.807) is 0 Å². The molecule has 1 atom stereocenters. The number of aliphatic hydroxyl groups excluding tert-OH is 2. The van der Waals surface area contributed by atoms with Gasteiger partial charge in [-0.25, -0.2) is 9.50 Å². The second kappa shape index (κ2) is 11.2. The molecule has 1 fully saturated rings. The average Bonchev–Trinajstić information content (AvgIpc) is 3.19. The summed E-state index contributed by atoms with van der Waals surface area (Å²) in [5.41, 5.74) is 7.94. The lowest BCUT2D eigenvalue weighted by Crippen LogP contribution is -2.48. The molecule has 182 valence electrons. The van der Waals surface area contributed by atoms with E-state index in [4.69, 9.17) is 15.2 Å². The van der Waals surface area contributed by atoms with Gasteiger partial charge in [0, 0.05) is 62.6 Å². The molecule has 3 aromatic rings. The molecule has 3 heterocycles. The second-order valence-corrected chi connectivity index (χ2v) is 9.31. The molecule has 0 bridgehead atoms. The number of aliphatic hydroxyl groups is 2. The number of hydrogen-bond acceptors (Lipinski definition) is 6. The normalized spacial score (nSPS) is 16.6. The first-order valence-corrected chi connectivity index (χ1v) is 12.3. The van der Waals surface area contributed by atoms with Crippen LogP contribution in [0.4, 0.5) is 0 Å². The highest BCUT2D eigenvalue weighted by Crippen LogP contribution is 2.21. The number of nitrogens with zero attached hydrogens (tertiary/aromatic N) is 5. The van der Waals surface area contributed by atoms with Crippen LogP contribution >= 0.6 is 0 Å². The van der Waals surface area contributed by atoms with E-state index in [2.05, 4.69) is 66.1 Å². The van der Waals surface area contributed by atoms with E-state index in [0.29, 0.717) is 6.54 Å². The van der Waals surface area contributed by atoms with E-state index in [0.717, 1.165) is 68.3 Å². The zero-order chi connectivity index (χ0) is 24.1. The SMILES string of the molecule is CCc1nn2c(C)cc(C)nc2c1Cc1ccc(C=CCN2CCN(CC(O)CO)CC2)cc1. The van der Waals surface area contributed by atoms with Crippen molar-refractivity contribution in [1.29, 1.82) is 0 Å². The van der Waals surface area contributed by atoms with E-state index >= 15 is 0 Å². The van der Waals surface area contributed by atoms with Gasteiger partial charge in [0.15, 0.2) is 5.65 Å². The highest BCUT2D eigenvalue weighted by atomic mass is 16.3. The lowest BCUT2D eigenvalue weighted by molar-refractivity contribution is 0.0414. The first kappa shape index (κ1) is 24.5. The number of fused-ring (bicyclic) bond motifs is 1. The molecular weight excluding hydrogens is 426 g/mol. The zero-order valence-electron chi connectivity index (χ0n) is 20.6. The van der Waals surface area contributed by atoms with Crippen LogP contribution in [0.1, 0.15) is 40.7 Å². The van der Waals surface area contributed by atoms with Gasteiger partial charge < -0.3 is 10.2 Å². The minimum absolute atomic E-state index is 0.170. The van der Waals surface area contributed by atoms with Gasteiger partial charge in [-0.15, -0.1) is 0 Å². The fourth-order valence-electron chi connectivity index (χ4n) is 4.67. The van der Waals surface area contributed by atoms with Crippen LogP contribution in [0.3, 0.4) is 0 Å². The summed E-state index contributed by atoms with van der Waals surface area (Å²) in [4.78, 5) is 9.42. The minimum Gasteiger partial charge on any atom is -0.394 e. The number of hydrogen-bond donors (Lipinski definition) is 2. The molecule has 7 nitrogen and oxygen atoms in total. The summed E-state index contributed by atoms with van der Waals surface area (Å²) in [6.07, 6.45) is 5.51. The van der Waals surface area contributed by atoms with Gasteiger partial charge in [0.1, 0.15) is 0 Å². The van der Waals surface area contributed by atoms with Crippen molar-refractivity contribution >= 4 is 11.7 Å². The van der Waals surface area contributed by atoms with Crippen LogP contribution in [0, 0.1) is 13.8 Å². The van der Waals surface area contributed by atoms with E-state index < -0.39 is 6.10 Å². The Morgan fingerprint density at radius 2 is 1.76 bits per heavy atom. The van der Waals surface area contributed by atoms with Crippen molar-refractivity contribution in [2.24, 2.45) is 0 Å². The van der Waals surface area contributed by atoms with Gasteiger partial charge in [-0.1, -0.05) is 43.3 Å². The highest BCUT2D eigenvalue weighted by Gasteiger charge is 2.18. The monoisotopic (exact) mass is 463 g/mol. The predicted octanol–water partition coefficient (Wildman–Crippen LogP) is 2.48.